The van der Waals surface area contributed by atoms with Crippen LogP contribution in [0.4, 0.5) is 0 Å². The van der Waals surface area contributed by atoms with Crippen LogP contribution in [0.2, 0.25) is 0 Å². The summed E-state index contributed by atoms with van der Waals surface area (Å²) < 4.78 is 49.6. The lowest BCUT2D eigenvalue weighted by molar-refractivity contribution is -0.319. The van der Waals surface area contributed by atoms with Crippen LogP contribution in [-0.4, -0.2) is 77.0 Å². The summed E-state index contributed by atoms with van der Waals surface area (Å²) in [6, 6.07) is 0. The predicted octanol–water partition coefficient (Wildman–Crippen LogP) is 2.02. The van der Waals surface area contributed by atoms with Crippen molar-refractivity contribution in [3.63, 3.8) is 0 Å². The summed E-state index contributed by atoms with van der Waals surface area (Å²) in [5.41, 5.74) is -0.538. The summed E-state index contributed by atoms with van der Waals surface area (Å²) >= 11 is 0. The van der Waals surface area contributed by atoms with Crippen molar-refractivity contribution < 1.29 is 46.7 Å². The molecule has 0 radical (unpaired) electrons. The van der Waals surface area contributed by atoms with Crippen molar-refractivity contribution in [3.8, 4) is 0 Å². The Morgan fingerprint density at radius 2 is 1.74 bits per heavy atom. The van der Waals surface area contributed by atoms with Gasteiger partial charge in [-0.2, -0.15) is 8.42 Å². The quantitative estimate of drug-likeness (QED) is 0.290. The molecule has 5 aliphatic rings. The van der Waals surface area contributed by atoms with E-state index >= 15 is 0 Å². The van der Waals surface area contributed by atoms with Crippen molar-refractivity contribution in [2.24, 2.45) is 40.4 Å². The highest BCUT2D eigenvalue weighted by Crippen LogP contribution is 2.66. The smallest absolute Gasteiger partial charge is 0.388 e. The molecule has 0 amide bonds. The Bertz CT molecular complexity index is 1060. The van der Waals surface area contributed by atoms with Crippen molar-refractivity contribution in [2.45, 2.75) is 109 Å². The third kappa shape index (κ3) is 4.70. The summed E-state index contributed by atoms with van der Waals surface area (Å²) in [5.74, 6) is 0.645. The summed E-state index contributed by atoms with van der Waals surface area (Å²) in [5, 5.41) is 31.2. The molecule has 0 spiro atoms. The molecule has 5 rings (SSSR count). The summed E-state index contributed by atoms with van der Waals surface area (Å²) in [6.45, 7) is 7.64. The Kier molecular flexibility index (Phi) is 7.43. The van der Waals surface area contributed by atoms with Crippen LogP contribution in [-0.2, 0) is 28.9 Å². The normalized spacial score (nSPS) is 52.6. The summed E-state index contributed by atoms with van der Waals surface area (Å²) in [6.07, 6.45) is 1.10. The Morgan fingerprint density at radius 1 is 1.03 bits per heavy atom. The number of aliphatic hydroxyl groups is 3. The van der Waals surface area contributed by atoms with Gasteiger partial charge in [-0.05, 0) is 86.9 Å². The fraction of sp³-hybridized carbons (Fsp3) is 0.889. The van der Waals surface area contributed by atoms with Gasteiger partial charge in [0.2, 0.25) is 0 Å². The molecule has 0 aromatic rings. The minimum atomic E-state index is -4.63. The molecule has 1 saturated heterocycles. The minimum Gasteiger partial charge on any atom is -0.388 e. The zero-order chi connectivity index (χ0) is 27.8. The molecule has 11 heteroatoms. The van der Waals surface area contributed by atoms with E-state index in [4.69, 9.17) is 13.7 Å². The molecular formula is C27H42O10S. The number of carbonyl (C=O) groups is 1. The van der Waals surface area contributed by atoms with Crippen LogP contribution in [0.1, 0.15) is 66.2 Å². The number of ketones is 1. The molecule has 0 unspecified atom stereocenters. The lowest BCUT2D eigenvalue weighted by Crippen LogP contribution is -2.61. The number of ether oxygens (including phenoxy) is 2. The molecule has 4 N–H and O–H groups in total. The predicted molar refractivity (Wildman–Crippen MR) is 135 cm³/mol. The number of aliphatic hydroxyl groups excluding tert-OH is 3. The average Bonchev–Trinajstić information content (AvgIpc) is 3.18. The fourth-order valence-corrected chi connectivity index (χ4v) is 9.48. The van der Waals surface area contributed by atoms with Crippen LogP contribution in [0, 0.1) is 40.4 Å². The first kappa shape index (κ1) is 28.6. The zero-order valence-corrected chi connectivity index (χ0v) is 23.3. The number of fused-ring (bicyclic) bond motifs is 5. The molecule has 14 atom stereocenters. The van der Waals surface area contributed by atoms with E-state index in [1.54, 1.807) is 13.8 Å². The maximum atomic E-state index is 12.5. The molecular weight excluding hydrogens is 516 g/mol. The topological polar surface area (TPSA) is 160 Å². The minimum absolute atomic E-state index is 0.0329. The molecule has 4 fully saturated rings. The van der Waals surface area contributed by atoms with Gasteiger partial charge in [0, 0.05) is 5.92 Å². The van der Waals surface area contributed by atoms with Crippen LogP contribution in [0.5, 0.6) is 0 Å². The lowest BCUT2D eigenvalue weighted by Gasteiger charge is -2.61. The number of rotatable bonds is 5. The Balaban J connectivity index is 1.48. The summed E-state index contributed by atoms with van der Waals surface area (Å²) in [7, 11) is -4.63. The number of carbonyl (C=O) groups excluding carboxylic acids is 1. The van der Waals surface area contributed by atoms with Crippen LogP contribution >= 0.6 is 0 Å². The second kappa shape index (κ2) is 9.87. The number of allylic oxidation sites excluding steroid dienone is 2. The fourth-order valence-electron chi connectivity index (χ4n) is 8.97. The summed E-state index contributed by atoms with van der Waals surface area (Å²) in [4.78, 5) is 12.5. The van der Waals surface area contributed by atoms with Gasteiger partial charge in [0.25, 0.3) is 0 Å². The Hall–Kier alpha value is -0.920. The van der Waals surface area contributed by atoms with E-state index in [1.165, 1.54) is 0 Å². The van der Waals surface area contributed by atoms with Crippen molar-refractivity contribution in [1.29, 1.82) is 0 Å². The van der Waals surface area contributed by atoms with Crippen LogP contribution < -0.4 is 0 Å². The van der Waals surface area contributed by atoms with E-state index in [9.17, 15) is 33.1 Å². The van der Waals surface area contributed by atoms with Crippen LogP contribution in [0.25, 0.3) is 0 Å². The molecule has 38 heavy (non-hydrogen) atoms. The molecule has 4 aliphatic carbocycles. The maximum Gasteiger partial charge on any atom is 0.397 e. The second-order valence-corrected chi connectivity index (χ2v) is 13.9. The zero-order valence-electron chi connectivity index (χ0n) is 22.5. The van der Waals surface area contributed by atoms with Gasteiger partial charge in [0.15, 0.2) is 6.29 Å². The van der Waals surface area contributed by atoms with Crippen LogP contribution in [0.15, 0.2) is 12.2 Å². The van der Waals surface area contributed by atoms with E-state index in [0.717, 1.165) is 12.8 Å². The first-order chi connectivity index (χ1) is 17.7. The first-order valence-corrected chi connectivity index (χ1v) is 15.2. The lowest BCUT2D eigenvalue weighted by atomic mass is 9.46. The van der Waals surface area contributed by atoms with Crippen molar-refractivity contribution >= 4 is 16.2 Å². The van der Waals surface area contributed by atoms with Gasteiger partial charge in [-0.1, -0.05) is 26.0 Å². The standard InChI is InChI=1S/C27H42O10S/c1-13(28)17-5-6-18-16-12-21(36-25-24(31)23(30)22(29)14(2)35-25)20-11-15(37-38(32,33)34)7-9-27(20,4)19(16)8-10-26(17,18)3/h8,10,14-25,29-31H,5-7,9,11-12H2,1-4H3,(H,32,33,34)/t14-,15-,16-,17+,18-,19+,20+,21-,22-,23+,24-,25+,26+,27+/m0/s1. The van der Waals surface area contributed by atoms with E-state index in [2.05, 4.69) is 26.0 Å². The highest BCUT2D eigenvalue weighted by atomic mass is 32.3. The number of hydrogen-bond donors (Lipinski definition) is 4. The van der Waals surface area contributed by atoms with E-state index < -0.39 is 53.3 Å². The molecule has 0 bridgehead atoms. The average molecular weight is 559 g/mol. The SMILES string of the molecule is CC(=O)[C@H]1CC[C@H]2[C@@H]3C[C@H](O[C@H]4O[C@@H](C)[C@H](O)[C@@H](O)[C@@H]4O)[C@H]4C[C@@H](OS(=O)(=O)O)CC[C@]4(C)[C@@H]3C=C[C@]12C. The number of Topliss-reactive ketones (excluding diaryl/α,β-unsaturated/α-hetero) is 1. The van der Waals surface area contributed by atoms with Gasteiger partial charge < -0.3 is 24.8 Å². The highest BCUT2D eigenvalue weighted by molar-refractivity contribution is 7.80. The second-order valence-electron chi connectivity index (χ2n) is 12.9. The van der Waals surface area contributed by atoms with Gasteiger partial charge in [-0.3, -0.25) is 9.35 Å². The van der Waals surface area contributed by atoms with Gasteiger partial charge in [-0.15, -0.1) is 0 Å². The Labute approximate surface area is 224 Å². The van der Waals surface area contributed by atoms with Gasteiger partial charge in [0.05, 0.1) is 18.3 Å². The van der Waals surface area contributed by atoms with Crippen molar-refractivity contribution in [2.75, 3.05) is 0 Å². The molecule has 1 heterocycles. The molecule has 1 aliphatic heterocycles. The van der Waals surface area contributed by atoms with Crippen LogP contribution in [0.3, 0.4) is 0 Å². The van der Waals surface area contributed by atoms with Crippen molar-refractivity contribution in [3.05, 3.63) is 12.2 Å². The van der Waals surface area contributed by atoms with Gasteiger partial charge >= 0.3 is 10.4 Å². The van der Waals surface area contributed by atoms with E-state index in [0.29, 0.717) is 25.7 Å². The Morgan fingerprint density at radius 3 is 2.39 bits per heavy atom. The molecule has 216 valence electrons. The third-order valence-corrected chi connectivity index (χ3v) is 11.4. The highest BCUT2D eigenvalue weighted by Gasteiger charge is 2.62. The molecule has 3 saturated carbocycles. The molecule has 0 aromatic carbocycles. The van der Waals surface area contributed by atoms with E-state index in [1.807, 2.05) is 0 Å². The van der Waals surface area contributed by atoms with Gasteiger partial charge in [-0.25, -0.2) is 4.18 Å². The third-order valence-electron chi connectivity index (χ3n) is 10.9. The van der Waals surface area contributed by atoms with E-state index in [-0.39, 0.29) is 46.2 Å². The number of hydrogen-bond acceptors (Lipinski definition) is 9. The van der Waals surface area contributed by atoms with Crippen molar-refractivity contribution in [1.82, 2.24) is 0 Å². The van der Waals surface area contributed by atoms with Gasteiger partial charge in [0.1, 0.15) is 24.1 Å². The molecule has 0 aromatic heterocycles. The molecule has 10 nitrogen and oxygen atoms in total. The largest absolute Gasteiger partial charge is 0.397 e. The first-order valence-electron chi connectivity index (χ1n) is 13.9. The maximum absolute atomic E-state index is 12.5. The monoisotopic (exact) mass is 558 g/mol.